The molecule has 0 aliphatic carbocycles. The van der Waals surface area contributed by atoms with Crippen LogP contribution in [0, 0.1) is 17.6 Å². The van der Waals surface area contributed by atoms with Gasteiger partial charge < -0.3 is 10.2 Å². The van der Waals surface area contributed by atoms with Crippen molar-refractivity contribution in [3.05, 3.63) is 35.4 Å². The molecule has 118 valence electrons. The van der Waals surface area contributed by atoms with E-state index in [1.807, 2.05) is 0 Å². The third-order valence-corrected chi connectivity index (χ3v) is 4.01. The lowest BCUT2D eigenvalue weighted by molar-refractivity contribution is -0.132. The van der Waals surface area contributed by atoms with Crippen LogP contribution in [0.25, 0.3) is 0 Å². The van der Waals surface area contributed by atoms with Crippen molar-refractivity contribution >= 4 is 18.3 Å². The normalized spacial score (nSPS) is 19.0. The van der Waals surface area contributed by atoms with Gasteiger partial charge in [0.25, 0.3) is 0 Å². The number of amides is 1. The molecule has 0 saturated carbocycles. The summed E-state index contributed by atoms with van der Waals surface area (Å²) in [7, 11) is 1.64. The fourth-order valence-corrected chi connectivity index (χ4v) is 2.54. The van der Waals surface area contributed by atoms with Crippen LogP contribution >= 0.6 is 12.4 Å². The Morgan fingerprint density at radius 3 is 2.81 bits per heavy atom. The summed E-state index contributed by atoms with van der Waals surface area (Å²) in [5.74, 6) is -0.667. The first-order valence-corrected chi connectivity index (χ1v) is 6.90. The Morgan fingerprint density at radius 1 is 1.48 bits per heavy atom. The lowest BCUT2D eigenvalue weighted by Gasteiger charge is -2.26. The van der Waals surface area contributed by atoms with Gasteiger partial charge in [-0.2, -0.15) is 0 Å². The predicted molar refractivity (Wildman–Crippen MR) is 80.4 cm³/mol. The molecule has 1 aliphatic rings. The third kappa shape index (κ3) is 4.38. The van der Waals surface area contributed by atoms with E-state index < -0.39 is 17.7 Å². The minimum absolute atomic E-state index is 0. The summed E-state index contributed by atoms with van der Waals surface area (Å²) in [6.07, 6.45) is 1.44. The Bertz CT molecular complexity index is 493. The van der Waals surface area contributed by atoms with Crippen LogP contribution in [0.2, 0.25) is 0 Å². The van der Waals surface area contributed by atoms with Gasteiger partial charge in [0.05, 0.1) is 6.04 Å². The highest BCUT2D eigenvalue weighted by atomic mass is 35.5. The van der Waals surface area contributed by atoms with Crippen LogP contribution in [0.5, 0.6) is 0 Å². The van der Waals surface area contributed by atoms with Crippen molar-refractivity contribution in [3.8, 4) is 0 Å². The fraction of sp³-hybridized carbons (Fsp3) is 0.533. The van der Waals surface area contributed by atoms with Gasteiger partial charge in [-0.1, -0.05) is 0 Å². The standard InChI is InChI=1S/C15H20F2N2O.ClH/c1-10(13-8-12(16)3-4-14(13)17)19(2)15(20)7-11-5-6-18-9-11;/h3-4,8,10-11,18H,5-7,9H2,1-2H3;1H. The highest BCUT2D eigenvalue weighted by molar-refractivity contribution is 5.85. The van der Waals surface area contributed by atoms with Crippen LogP contribution < -0.4 is 5.32 Å². The van der Waals surface area contributed by atoms with Crippen LogP contribution in [-0.4, -0.2) is 30.9 Å². The number of halogens is 3. The average Bonchev–Trinajstić information content (AvgIpc) is 2.92. The first kappa shape index (κ1) is 17.9. The molecule has 2 atom stereocenters. The molecule has 6 heteroatoms. The van der Waals surface area contributed by atoms with E-state index in [9.17, 15) is 13.6 Å². The molecule has 1 fully saturated rings. The smallest absolute Gasteiger partial charge is 0.223 e. The predicted octanol–water partition coefficient (Wildman–Crippen LogP) is 2.91. The molecule has 2 unspecified atom stereocenters. The van der Waals surface area contributed by atoms with Gasteiger partial charge in [-0.25, -0.2) is 8.78 Å². The SMILES string of the molecule is CC(c1cc(F)ccc1F)N(C)C(=O)CC1CCNC1.Cl. The fourth-order valence-electron chi connectivity index (χ4n) is 2.54. The van der Waals surface area contributed by atoms with Crippen molar-refractivity contribution in [1.29, 1.82) is 0 Å². The molecular formula is C15H21ClF2N2O. The Kier molecular flexibility index (Phi) is 6.55. The van der Waals surface area contributed by atoms with E-state index in [2.05, 4.69) is 5.32 Å². The second-order valence-electron chi connectivity index (χ2n) is 5.41. The maximum atomic E-state index is 13.7. The summed E-state index contributed by atoms with van der Waals surface area (Å²) in [5, 5.41) is 3.21. The summed E-state index contributed by atoms with van der Waals surface area (Å²) >= 11 is 0. The van der Waals surface area contributed by atoms with Crippen LogP contribution in [0.4, 0.5) is 8.78 Å². The molecule has 1 aliphatic heterocycles. The summed E-state index contributed by atoms with van der Waals surface area (Å²) in [5.41, 5.74) is 0.213. The van der Waals surface area contributed by atoms with Gasteiger partial charge in [0.1, 0.15) is 11.6 Å². The molecule has 0 spiro atoms. The van der Waals surface area contributed by atoms with Crippen molar-refractivity contribution in [1.82, 2.24) is 10.2 Å². The van der Waals surface area contributed by atoms with E-state index in [0.29, 0.717) is 12.3 Å². The zero-order valence-electron chi connectivity index (χ0n) is 12.2. The Balaban J connectivity index is 0.00000220. The van der Waals surface area contributed by atoms with Crippen LogP contribution in [0.1, 0.15) is 31.4 Å². The molecular weight excluding hydrogens is 298 g/mol. The molecule has 2 rings (SSSR count). The van der Waals surface area contributed by atoms with Gasteiger partial charge in [0, 0.05) is 19.0 Å². The van der Waals surface area contributed by atoms with Gasteiger partial charge in [-0.3, -0.25) is 4.79 Å². The highest BCUT2D eigenvalue weighted by Gasteiger charge is 2.24. The number of hydrogen-bond donors (Lipinski definition) is 1. The molecule has 3 nitrogen and oxygen atoms in total. The van der Waals surface area contributed by atoms with E-state index in [0.717, 1.165) is 37.7 Å². The molecule has 1 aromatic carbocycles. The van der Waals surface area contributed by atoms with Crippen molar-refractivity contribution in [3.63, 3.8) is 0 Å². The molecule has 1 aromatic rings. The topological polar surface area (TPSA) is 32.3 Å². The van der Waals surface area contributed by atoms with Crippen molar-refractivity contribution < 1.29 is 13.6 Å². The lowest BCUT2D eigenvalue weighted by atomic mass is 10.0. The molecule has 0 bridgehead atoms. The molecule has 1 saturated heterocycles. The van der Waals surface area contributed by atoms with Crippen molar-refractivity contribution in [2.45, 2.75) is 25.8 Å². The third-order valence-electron chi connectivity index (χ3n) is 4.01. The van der Waals surface area contributed by atoms with E-state index in [1.54, 1.807) is 14.0 Å². The second-order valence-corrected chi connectivity index (χ2v) is 5.41. The van der Waals surface area contributed by atoms with Crippen molar-refractivity contribution in [2.24, 2.45) is 5.92 Å². The van der Waals surface area contributed by atoms with E-state index in [-0.39, 0.29) is 23.9 Å². The zero-order chi connectivity index (χ0) is 14.7. The Hall–Kier alpha value is -1.20. The summed E-state index contributed by atoms with van der Waals surface area (Å²) < 4.78 is 27.0. The van der Waals surface area contributed by atoms with Gasteiger partial charge in [0.15, 0.2) is 0 Å². The number of nitrogens with zero attached hydrogens (tertiary/aromatic N) is 1. The first-order chi connectivity index (χ1) is 9.49. The van der Waals surface area contributed by atoms with E-state index >= 15 is 0 Å². The number of carbonyl (C=O) groups excluding carboxylic acids is 1. The zero-order valence-corrected chi connectivity index (χ0v) is 13.1. The summed E-state index contributed by atoms with van der Waals surface area (Å²) in [6, 6.07) is 2.85. The molecule has 21 heavy (non-hydrogen) atoms. The largest absolute Gasteiger partial charge is 0.339 e. The number of hydrogen-bond acceptors (Lipinski definition) is 2. The average molecular weight is 319 g/mol. The van der Waals surface area contributed by atoms with E-state index in [4.69, 9.17) is 0 Å². The highest BCUT2D eigenvalue weighted by Crippen LogP contribution is 2.24. The van der Waals surface area contributed by atoms with Gasteiger partial charge in [-0.15, -0.1) is 12.4 Å². The maximum absolute atomic E-state index is 13.7. The molecule has 0 radical (unpaired) electrons. The van der Waals surface area contributed by atoms with Crippen LogP contribution in [-0.2, 0) is 4.79 Å². The van der Waals surface area contributed by atoms with Gasteiger partial charge >= 0.3 is 0 Å². The Morgan fingerprint density at radius 2 is 2.19 bits per heavy atom. The molecule has 0 aromatic heterocycles. The van der Waals surface area contributed by atoms with Crippen LogP contribution in [0.15, 0.2) is 18.2 Å². The van der Waals surface area contributed by atoms with Gasteiger partial charge in [-0.05, 0) is 50.6 Å². The molecule has 1 amide bonds. The number of carbonyl (C=O) groups is 1. The number of nitrogens with one attached hydrogen (secondary N) is 1. The summed E-state index contributed by atoms with van der Waals surface area (Å²) in [6.45, 7) is 3.50. The minimum Gasteiger partial charge on any atom is -0.339 e. The molecule has 1 N–H and O–H groups in total. The first-order valence-electron chi connectivity index (χ1n) is 6.90. The quantitative estimate of drug-likeness (QED) is 0.926. The van der Waals surface area contributed by atoms with Gasteiger partial charge in [0.2, 0.25) is 5.91 Å². The number of benzene rings is 1. The second kappa shape index (κ2) is 7.71. The lowest BCUT2D eigenvalue weighted by Crippen LogP contribution is -2.32. The van der Waals surface area contributed by atoms with Crippen molar-refractivity contribution in [2.75, 3.05) is 20.1 Å². The summed E-state index contributed by atoms with van der Waals surface area (Å²) in [4.78, 5) is 13.7. The maximum Gasteiger partial charge on any atom is 0.223 e. The monoisotopic (exact) mass is 318 g/mol. The van der Waals surface area contributed by atoms with Crippen LogP contribution in [0.3, 0.4) is 0 Å². The minimum atomic E-state index is -0.492. The van der Waals surface area contributed by atoms with E-state index in [1.165, 1.54) is 4.90 Å². The molecule has 1 heterocycles. The number of rotatable bonds is 4. The Labute approximate surface area is 130 Å².